The van der Waals surface area contributed by atoms with Gasteiger partial charge in [0, 0.05) is 20.2 Å². The summed E-state index contributed by atoms with van der Waals surface area (Å²) in [5.41, 5.74) is 5.35. The minimum atomic E-state index is -0.289. The highest BCUT2D eigenvalue weighted by Crippen LogP contribution is 2.08. The first-order valence-corrected chi connectivity index (χ1v) is 3.92. The molecule has 1 amide bonds. The van der Waals surface area contributed by atoms with Gasteiger partial charge in [-0.15, -0.1) is 0 Å². The topological polar surface area (TPSA) is 64.8 Å². The molecular formula is C7H14N2O3. The molecule has 12 heavy (non-hydrogen) atoms. The quantitative estimate of drug-likeness (QED) is 0.619. The van der Waals surface area contributed by atoms with E-state index in [1.54, 1.807) is 12.0 Å². The summed E-state index contributed by atoms with van der Waals surface area (Å²) in [6, 6.07) is 0. The number of nitrogens with two attached hydrogens (primary N) is 1. The smallest absolute Gasteiger partial charge is 0.410 e. The number of nitrogens with zero attached hydrogens (tertiary/aromatic N) is 1. The monoisotopic (exact) mass is 174 g/mol. The van der Waals surface area contributed by atoms with Gasteiger partial charge in [0.25, 0.3) is 0 Å². The van der Waals surface area contributed by atoms with Crippen LogP contribution >= 0.6 is 0 Å². The molecule has 1 unspecified atom stereocenters. The Morgan fingerprint density at radius 3 is 3.08 bits per heavy atom. The van der Waals surface area contributed by atoms with Crippen LogP contribution in [0, 0.1) is 0 Å². The van der Waals surface area contributed by atoms with Crippen molar-refractivity contribution in [3.8, 4) is 0 Å². The van der Waals surface area contributed by atoms with Crippen LogP contribution in [0.3, 0.4) is 0 Å². The molecule has 70 valence electrons. The third-order valence-corrected chi connectivity index (χ3v) is 1.78. The van der Waals surface area contributed by atoms with Crippen LogP contribution < -0.4 is 5.73 Å². The van der Waals surface area contributed by atoms with Gasteiger partial charge in [0.1, 0.15) is 6.10 Å². The summed E-state index contributed by atoms with van der Waals surface area (Å²) in [6.45, 7) is 2.08. The Morgan fingerprint density at radius 2 is 2.58 bits per heavy atom. The number of hydrogen-bond acceptors (Lipinski definition) is 4. The van der Waals surface area contributed by atoms with Crippen LogP contribution in [0.1, 0.15) is 0 Å². The van der Waals surface area contributed by atoms with Gasteiger partial charge in [-0.05, 0) is 0 Å². The van der Waals surface area contributed by atoms with E-state index in [-0.39, 0.29) is 12.2 Å². The molecule has 5 nitrogen and oxygen atoms in total. The maximum absolute atomic E-state index is 11.0. The molecular weight excluding hydrogens is 160 g/mol. The molecule has 5 heteroatoms. The number of ether oxygens (including phenoxy) is 2. The number of carbonyl (C=O) groups is 1. The fraction of sp³-hybridized carbons (Fsp3) is 0.857. The fourth-order valence-corrected chi connectivity index (χ4v) is 1.08. The Kier molecular flexibility index (Phi) is 3.31. The van der Waals surface area contributed by atoms with Crippen LogP contribution in [-0.2, 0) is 9.47 Å². The van der Waals surface area contributed by atoms with Crippen molar-refractivity contribution in [3.05, 3.63) is 0 Å². The highest BCUT2D eigenvalue weighted by molar-refractivity contribution is 5.69. The Bertz CT molecular complexity index is 163. The Morgan fingerprint density at radius 1 is 1.83 bits per heavy atom. The van der Waals surface area contributed by atoms with E-state index in [4.69, 9.17) is 15.2 Å². The van der Waals surface area contributed by atoms with Crippen molar-refractivity contribution in [1.82, 2.24) is 4.90 Å². The molecule has 0 aliphatic carbocycles. The highest BCUT2D eigenvalue weighted by Gasteiger charge is 2.29. The van der Waals surface area contributed by atoms with Gasteiger partial charge in [-0.3, -0.25) is 0 Å². The molecule has 1 aliphatic rings. The zero-order valence-electron chi connectivity index (χ0n) is 7.16. The van der Waals surface area contributed by atoms with Gasteiger partial charge in [-0.2, -0.15) is 0 Å². The maximum Gasteiger partial charge on any atom is 0.410 e. The minimum absolute atomic E-state index is 0.144. The summed E-state index contributed by atoms with van der Waals surface area (Å²) in [7, 11) is 1.60. The first-order chi connectivity index (χ1) is 5.77. The van der Waals surface area contributed by atoms with Crippen molar-refractivity contribution >= 4 is 6.09 Å². The Labute approximate surface area is 71.4 Å². The zero-order chi connectivity index (χ0) is 8.97. The van der Waals surface area contributed by atoms with Crippen molar-refractivity contribution in [2.75, 3.05) is 33.4 Å². The molecule has 2 N–H and O–H groups in total. The molecule has 1 atom stereocenters. The van der Waals surface area contributed by atoms with E-state index in [9.17, 15) is 4.79 Å². The number of hydrogen-bond donors (Lipinski definition) is 1. The van der Waals surface area contributed by atoms with Gasteiger partial charge >= 0.3 is 6.09 Å². The molecule has 0 aromatic rings. The van der Waals surface area contributed by atoms with Crippen LogP contribution in [0.2, 0.25) is 0 Å². The zero-order valence-corrected chi connectivity index (χ0v) is 7.16. The molecule has 1 saturated heterocycles. The van der Waals surface area contributed by atoms with Crippen molar-refractivity contribution in [2.24, 2.45) is 5.73 Å². The second kappa shape index (κ2) is 4.27. The number of carbonyl (C=O) groups excluding carboxylic acids is 1. The SMILES string of the molecule is COCCN1CC(CN)OC1=O. The van der Waals surface area contributed by atoms with Gasteiger partial charge in [-0.1, -0.05) is 0 Å². The molecule has 1 heterocycles. The molecule has 1 fully saturated rings. The van der Waals surface area contributed by atoms with Crippen LogP contribution in [-0.4, -0.2) is 50.4 Å². The standard InChI is InChI=1S/C7H14N2O3/c1-11-3-2-9-5-6(4-8)12-7(9)10/h6H,2-5,8H2,1H3. The summed E-state index contributed by atoms with van der Waals surface area (Å²) >= 11 is 0. The van der Waals surface area contributed by atoms with Gasteiger partial charge in [-0.25, -0.2) is 4.79 Å². The highest BCUT2D eigenvalue weighted by atomic mass is 16.6. The van der Waals surface area contributed by atoms with Gasteiger partial charge < -0.3 is 20.1 Å². The van der Waals surface area contributed by atoms with Crippen molar-refractivity contribution < 1.29 is 14.3 Å². The first kappa shape index (κ1) is 9.28. The van der Waals surface area contributed by atoms with Gasteiger partial charge in [0.2, 0.25) is 0 Å². The molecule has 0 radical (unpaired) electrons. The lowest BCUT2D eigenvalue weighted by Crippen LogP contribution is -2.30. The first-order valence-electron chi connectivity index (χ1n) is 3.92. The van der Waals surface area contributed by atoms with E-state index in [0.717, 1.165) is 0 Å². The summed E-state index contributed by atoms with van der Waals surface area (Å²) in [4.78, 5) is 12.6. The van der Waals surface area contributed by atoms with Crippen LogP contribution in [0.4, 0.5) is 4.79 Å². The molecule has 1 aliphatic heterocycles. The summed E-state index contributed by atoms with van der Waals surface area (Å²) in [6.07, 6.45) is -0.433. The largest absolute Gasteiger partial charge is 0.443 e. The van der Waals surface area contributed by atoms with E-state index < -0.39 is 0 Å². The second-order valence-corrected chi connectivity index (χ2v) is 2.68. The summed E-state index contributed by atoms with van der Waals surface area (Å²) in [5.74, 6) is 0. The third-order valence-electron chi connectivity index (χ3n) is 1.78. The average Bonchev–Trinajstić information content (AvgIpc) is 2.43. The van der Waals surface area contributed by atoms with Crippen LogP contribution in [0.5, 0.6) is 0 Å². The lowest BCUT2D eigenvalue weighted by molar-refractivity contribution is 0.127. The molecule has 0 saturated carbocycles. The lowest BCUT2D eigenvalue weighted by Gasteiger charge is -2.10. The molecule has 0 aromatic heterocycles. The third kappa shape index (κ3) is 2.09. The van der Waals surface area contributed by atoms with E-state index >= 15 is 0 Å². The average molecular weight is 174 g/mol. The normalized spacial score (nSPS) is 23.0. The number of amides is 1. The van der Waals surface area contributed by atoms with E-state index in [1.165, 1.54) is 0 Å². The van der Waals surface area contributed by atoms with E-state index in [1.807, 2.05) is 0 Å². The molecule has 0 bridgehead atoms. The minimum Gasteiger partial charge on any atom is -0.443 e. The van der Waals surface area contributed by atoms with E-state index in [2.05, 4.69) is 0 Å². The van der Waals surface area contributed by atoms with Crippen molar-refractivity contribution in [1.29, 1.82) is 0 Å². The van der Waals surface area contributed by atoms with E-state index in [0.29, 0.717) is 26.2 Å². The van der Waals surface area contributed by atoms with Crippen molar-refractivity contribution in [2.45, 2.75) is 6.10 Å². The van der Waals surface area contributed by atoms with Gasteiger partial charge in [0.15, 0.2) is 0 Å². The Hall–Kier alpha value is -0.810. The second-order valence-electron chi connectivity index (χ2n) is 2.68. The lowest BCUT2D eigenvalue weighted by atomic mass is 10.3. The van der Waals surface area contributed by atoms with Crippen LogP contribution in [0.15, 0.2) is 0 Å². The molecule has 0 spiro atoms. The van der Waals surface area contributed by atoms with Gasteiger partial charge in [0.05, 0.1) is 13.2 Å². The summed E-state index contributed by atoms with van der Waals surface area (Å²) in [5, 5.41) is 0. The number of cyclic esters (lactones) is 1. The fourth-order valence-electron chi connectivity index (χ4n) is 1.08. The number of rotatable bonds is 4. The predicted octanol–water partition coefficient (Wildman–Crippen LogP) is -0.588. The van der Waals surface area contributed by atoms with Crippen molar-refractivity contribution in [3.63, 3.8) is 0 Å². The number of methoxy groups -OCH3 is 1. The predicted molar refractivity (Wildman–Crippen MR) is 42.8 cm³/mol. The van der Waals surface area contributed by atoms with Crippen LogP contribution in [0.25, 0.3) is 0 Å². The Balaban J connectivity index is 2.31. The maximum atomic E-state index is 11.0. The molecule has 0 aromatic carbocycles. The molecule has 1 rings (SSSR count). The summed E-state index contributed by atoms with van der Waals surface area (Å²) < 4.78 is 9.77.